The number of ether oxygens (including phenoxy) is 2. The molecule has 2 aromatic rings. The summed E-state index contributed by atoms with van der Waals surface area (Å²) in [4.78, 5) is 22.3. The highest BCUT2D eigenvalue weighted by Crippen LogP contribution is 2.29. The monoisotopic (exact) mass is 411 g/mol. The zero-order chi connectivity index (χ0) is 21.3. The van der Waals surface area contributed by atoms with Crippen molar-refractivity contribution < 1.29 is 19.1 Å². The molecule has 0 aromatic heterocycles. The Labute approximate surface area is 177 Å². The highest BCUT2D eigenvalue weighted by Gasteiger charge is 2.26. The molecule has 1 heterocycles. The number of piperazine rings is 1. The second-order valence-electron chi connectivity index (χ2n) is 7.15. The van der Waals surface area contributed by atoms with E-state index in [1.807, 2.05) is 23.1 Å². The van der Waals surface area contributed by atoms with Crippen molar-refractivity contribution in [3.05, 3.63) is 59.7 Å². The number of carbonyl (C=O) groups excluding carboxylic acids is 1. The Kier molecular flexibility index (Phi) is 7.68. The van der Waals surface area contributed by atoms with Crippen LogP contribution in [0.15, 0.2) is 53.7 Å². The van der Waals surface area contributed by atoms with E-state index in [4.69, 9.17) is 14.3 Å². The van der Waals surface area contributed by atoms with Crippen LogP contribution in [-0.2, 0) is 16.2 Å². The largest absolute Gasteiger partial charge is 0.493 e. The van der Waals surface area contributed by atoms with Crippen molar-refractivity contribution in [3.63, 3.8) is 0 Å². The van der Waals surface area contributed by atoms with Gasteiger partial charge in [-0.3, -0.25) is 9.69 Å². The molecule has 1 atom stereocenters. The summed E-state index contributed by atoms with van der Waals surface area (Å²) in [6, 6.07) is 15.9. The molecule has 1 aliphatic rings. The van der Waals surface area contributed by atoms with E-state index in [0.717, 1.165) is 19.6 Å². The smallest absolute Gasteiger partial charge is 0.266 e. The summed E-state index contributed by atoms with van der Waals surface area (Å²) in [6.07, 6.45) is 0.877. The quantitative estimate of drug-likeness (QED) is 0.494. The van der Waals surface area contributed by atoms with Gasteiger partial charge >= 0.3 is 0 Å². The maximum atomic E-state index is 12.7. The standard InChI is InChI=1S/C23H29N3O4/c1-18(30-24-16-20-10-7-11-21(28-2)22(20)29-3)23(27)26-14-12-25(13-15-26)17-19-8-5-4-6-9-19/h4-11,16,18H,12-15,17H2,1-3H3/b24-16-/t18-/m0/s1. The van der Waals surface area contributed by atoms with E-state index in [0.29, 0.717) is 30.2 Å². The molecule has 1 aliphatic heterocycles. The number of hydrogen-bond donors (Lipinski definition) is 0. The minimum atomic E-state index is -0.654. The van der Waals surface area contributed by atoms with Crippen LogP contribution in [0.4, 0.5) is 0 Å². The predicted molar refractivity (Wildman–Crippen MR) is 116 cm³/mol. The lowest BCUT2D eigenvalue weighted by Crippen LogP contribution is -2.50. The van der Waals surface area contributed by atoms with E-state index in [1.54, 1.807) is 27.2 Å². The molecule has 0 N–H and O–H groups in total. The zero-order valence-electron chi connectivity index (χ0n) is 17.8. The highest BCUT2D eigenvalue weighted by atomic mass is 16.6. The van der Waals surface area contributed by atoms with Crippen LogP contribution < -0.4 is 9.47 Å². The molecule has 30 heavy (non-hydrogen) atoms. The van der Waals surface area contributed by atoms with Gasteiger partial charge in [-0.15, -0.1) is 0 Å². The molecule has 0 unspecified atom stereocenters. The first-order valence-electron chi connectivity index (χ1n) is 10.1. The molecule has 0 radical (unpaired) electrons. The second kappa shape index (κ2) is 10.6. The fraction of sp³-hybridized carbons (Fsp3) is 0.391. The Morgan fingerprint density at radius 2 is 1.77 bits per heavy atom. The van der Waals surface area contributed by atoms with Crippen molar-refractivity contribution in [1.82, 2.24) is 9.80 Å². The molecule has 3 rings (SSSR count). The average molecular weight is 412 g/mol. The van der Waals surface area contributed by atoms with E-state index in [2.05, 4.69) is 34.3 Å². The number of methoxy groups -OCH3 is 2. The van der Waals surface area contributed by atoms with Gasteiger partial charge in [-0.2, -0.15) is 0 Å². The third-order valence-electron chi connectivity index (χ3n) is 5.12. The molecule has 1 saturated heterocycles. The SMILES string of the molecule is COc1cccc(/C=N\O[C@@H](C)C(=O)N2CCN(Cc3ccccc3)CC2)c1OC. The van der Waals surface area contributed by atoms with Crippen molar-refractivity contribution in [2.24, 2.45) is 5.16 Å². The van der Waals surface area contributed by atoms with Crippen LogP contribution in [-0.4, -0.2) is 68.4 Å². The number of para-hydroxylation sites is 1. The van der Waals surface area contributed by atoms with E-state index < -0.39 is 6.10 Å². The molecule has 1 amide bonds. The van der Waals surface area contributed by atoms with Gasteiger partial charge in [0.2, 0.25) is 6.10 Å². The lowest BCUT2D eigenvalue weighted by Gasteiger charge is -2.35. The van der Waals surface area contributed by atoms with Gasteiger partial charge in [0.05, 0.1) is 20.4 Å². The summed E-state index contributed by atoms with van der Waals surface area (Å²) in [5, 5.41) is 3.99. The van der Waals surface area contributed by atoms with Gasteiger partial charge < -0.3 is 19.2 Å². The lowest BCUT2D eigenvalue weighted by atomic mass is 10.2. The topological polar surface area (TPSA) is 63.6 Å². The van der Waals surface area contributed by atoms with Gasteiger partial charge in [0, 0.05) is 38.3 Å². The Balaban J connectivity index is 1.49. The first kappa shape index (κ1) is 21.6. The summed E-state index contributed by atoms with van der Waals surface area (Å²) < 4.78 is 10.6. The van der Waals surface area contributed by atoms with Crippen molar-refractivity contribution in [2.75, 3.05) is 40.4 Å². The summed E-state index contributed by atoms with van der Waals surface area (Å²) in [6.45, 7) is 5.69. The number of benzene rings is 2. The zero-order valence-corrected chi connectivity index (χ0v) is 17.8. The Bertz CT molecular complexity index is 849. The van der Waals surface area contributed by atoms with Crippen LogP contribution in [0.25, 0.3) is 0 Å². The van der Waals surface area contributed by atoms with Crippen molar-refractivity contribution >= 4 is 12.1 Å². The fourth-order valence-electron chi connectivity index (χ4n) is 3.46. The van der Waals surface area contributed by atoms with Crippen LogP contribution in [0.5, 0.6) is 11.5 Å². The molecule has 0 spiro atoms. The van der Waals surface area contributed by atoms with Gasteiger partial charge in [-0.05, 0) is 24.6 Å². The number of amides is 1. The molecular formula is C23H29N3O4. The van der Waals surface area contributed by atoms with Crippen LogP contribution >= 0.6 is 0 Å². The van der Waals surface area contributed by atoms with Gasteiger partial charge in [0.15, 0.2) is 11.5 Å². The van der Waals surface area contributed by atoms with Crippen LogP contribution in [0.1, 0.15) is 18.1 Å². The molecule has 0 aliphatic carbocycles. The summed E-state index contributed by atoms with van der Waals surface area (Å²) in [5.74, 6) is 1.13. The Morgan fingerprint density at radius 1 is 1.03 bits per heavy atom. The summed E-state index contributed by atoms with van der Waals surface area (Å²) >= 11 is 0. The minimum absolute atomic E-state index is 0.0517. The van der Waals surface area contributed by atoms with Gasteiger partial charge in [-0.25, -0.2) is 0 Å². The maximum absolute atomic E-state index is 12.7. The Morgan fingerprint density at radius 3 is 2.43 bits per heavy atom. The third-order valence-corrected chi connectivity index (χ3v) is 5.12. The minimum Gasteiger partial charge on any atom is -0.493 e. The van der Waals surface area contributed by atoms with E-state index in [-0.39, 0.29) is 5.91 Å². The molecular weight excluding hydrogens is 382 g/mol. The molecule has 160 valence electrons. The second-order valence-corrected chi connectivity index (χ2v) is 7.15. The van der Waals surface area contributed by atoms with E-state index in [1.165, 1.54) is 11.8 Å². The normalized spacial score (nSPS) is 15.8. The van der Waals surface area contributed by atoms with Gasteiger partial charge in [0.1, 0.15) is 0 Å². The lowest BCUT2D eigenvalue weighted by molar-refractivity contribution is -0.144. The highest BCUT2D eigenvalue weighted by molar-refractivity contribution is 5.85. The number of nitrogens with zero attached hydrogens (tertiary/aromatic N) is 3. The first-order chi connectivity index (χ1) is 14.6. The number of rotatable bonds is 8. The van der Waals surface area contributed by atoms with Crippen LogP contribution in [0.2, 0.25) is 0 Å². The number of hydrogen-bond acceptors (Lipinski definition) is 6. The molecule has 7 nitrogen and oxygen atoms in total. The average Bonchev–Trinajstić information content (AvgIpc) is 2.79. The number of oxime groups is 1. The van der Waals surface area contributed by atoms with Gasteiger partial charge in [0.25, 0.3) is 5.91 Å². The number of carbonyl (C=O) groups is 1. The van der Waals surface area contributed by atoms with Crippen LogP contribution in [0, 0.1) is 0 Å². The first-order valence-corrected chi connectivity index (χ1v) is 10.1. The van der Waals surface area contributed by atoms with Crippen molar-refractivity contribution in [1.29, 1.82) is 0 Å². The third kappa shape index (κ3) is 5.51. The van der Waals surface area contributed by atoms with Gasteiger partial charge in [-0.1, -0.05) is 41.6 Å². The summed E-state index contributed by atoms with van der Waals surface area (Å²) in [7, 11) is 3.15. The molecule has 2 aromatic carbocycles. The van der Waals surface area contributed by atoms with Crippen molar-refractivity contribution in [2.45, 2.75) is 19.6 Å². The van der Waals surface area contributed by atoms with Crippen LogP contribution in [0.3, 0.4) is 0 Å². The molecule has 1 fully saturated rings. The molecule has 0 saturated carbocycles. The Hall–Kier alpha value is -3.06. The van der Waals surface area contributed by atoms with Crippen molar-refractivity contribution in [3.8, 4) is 11.5 Å². The maximum Gasteiger partial charge on any atom is 0.266 e. The summed E-state index contributed by atoms with van der Waals surface area (Å²) in [5.41, 5.74) is 2.00. The predicted octanol–water partition coefficient (Wildman–Crippen LogP) is 2.79. The van der Waals surface area contributed by atoms with E-state index in [9.17, 15) is 4.79 Å². The molecule has 7 heteroatoms. The molecule has 0 bridgehead atoms. The fourth-order valence-corrected chi connectivity index (χ4v) is 3.46. The van der Waals surface area contributed by atoms with E-state index >= 15 is 0 Å².